The van der Waals surface area contributed by atoms with Crippen molar-refractivity contribution in [1.82, 2.24) is 5.32 Å². The molecule has 0 radical (unpaired) electrons. The van der Waals surface area contributed by atoms with Gasteiger partial charge in [-0.1, -0.05) is 234 Å². The van der Waals surface area contributed by atoms with Crippen molar-refractivity contribution in [3.05, 3.63) is 72.9 Å². The summed E-state index contributed by atoms with van der Waals surface area (Å²) in [6.45, 7) is 2.44. The minimum absolute atomic E-state index is 0.0965. The second kappa shape index (κ2) is 49.3. The molecule has 12 heteroatoms. The van der Waals surface area contributed by atoms with E-state index in [9.17, 15) is 34.1 Å². The lowest BCUT2D eigenvalue weighted by molar-refractivity contribution is -0.147. The van der Waals surface area contributed by atoms with Gasteiger partial charge in [0.05, 0.1) is 13.2 Å². The summed E-state index contributed by atoms with van der Waals surface area (Å²) in [7, 11) is -4.78. The van der Waals surface area contributed by atoms with Gasteiger partial charge in [0, 0.05) is 12.8 Å². The van der Waals surface area contributed by atoms with E-state index in [0.717, 1.165) is 57.8 Å². The average molecular weight is 962 g/mol. The van der Waals surface area contributed by atoms with Gasteiger partial charge in [0.25, 0.3) is 0 Å². The number of hydrogen-bond donors (Lipinski definition) is 4. The van der Waals surface area contributed by atoms with E-state index in [4.69, 9.17) is 13.8 Å². The van der Waals surface area contributed by atoms with Crippen molar-refractivity contribution < 1.29 is 47.8 Å². The van der Waals surface area contributed by atoms with Gasteiger partial charge in [-0.05, 0) is 51.4 Å². The van der Waals surface area contributed by atoms with Gasteiger partial charge < -0.3 is 25.2 Å². The average Bonchev–Trinajstić information content (AvgIpc) is 3.31. The zero-order chi connectivity index (χ0) is 49.2. The molecule has 386 valence electrons. The largest absolute Gasteiger partial charge is 0.480 e. The molecule has 11 nitrogen and oxygen atoms in total. The van der Waals surface area contributed by atoms with Crippen LogP contribution in [0, 0.1) is 0 Å². The third-order valence-corrected chi connectivity index (χ3v) is 12.2. The Morgan fingerprint density at radius 3 is 1.24 bits per heavy atom. The van der Waals surface area contributed by atoms with E-state index in [2.05, 4.69) is 79.9 Å². The number of esters is 1. The maximum absolute atomic E-state index is 12.4. The van der Waals surface area contributed by atoms with Crippen LogP contribution in [0.25, 0.3) is 0 Å². The number of phosphoric acid groups is 1. The molecule has 4 N–H and O–H groups in total. The Labute approximate surface area is 408 Å². The number of nitrogens with one attached hydrogen (secondary N) is 1. The summed E-state index contributed by atoms with van der Waals surface area (Å²) in [5.74, 6) is -2.46. The number of aliphatic carboxylic acids is 1. The lowest BCUT2D eigenvalue weighted by atomic mass is 10.0. The van der Waals surface area contributed by atoms with Crippen LogP contribution in [-0.4, -0.2) is 64.9 Å². The van der Waals surface area contributed by atoms with Crippen LogP contribution in [0.1, 0.15) is 226 Å². The quantitative estimate of drug-likeness (QED) is 0.0199. The second-order valence-corrected chi connectivity index (χ2v) is 19.1. The highest BCUT2D eigenvalue weighted by Gasteiger charge is 2.28. The van der Waals surface area contributed by atoms with Crippen LogP contribution in [0.4, 0.5) is 0 Å². The molecule has 67 heavy (non-hydrogen) atoms. The number of phosphoric ester groups is 1. The molecule has 0 spiro atoms. The minimum atomic E-state index is -4.78. The Balaban J connectivity index is 3.87. The van der Waals surface area contributed by atoms with E-state index in [0.29, 0.717) is 12.8 Å². The standard InChI is InChI=1S/C55H96NO10P/c1-3-5-7-9-11-13-15-17-19-21-23-24-25-26-27-29-30-32-34-36-38-40-42-44-46-53(58)56-52(55(60)61)50-66-67(62,63)65-49-51(57)48-64-54(59)47-45-43-41-39-37-35-33-31-28-22-20-18-16-14-12-10-8-6-4-2/h6,8,12,14,18,20,28,31,35,37,41,43,51-52,57H,3-5,7,9-11,13,15-17,19,21-27,29-30,32-34,36,38-40,42,44-50H2,1-2H3,(H,56,58)(H,60,61)(H,62,63)/b8-6-,14-12-,20-18-,31-28-,37-35-,43-41-. The molecule has 0 aromatic carbocycles. The first kappa shape index (κ1) is 63.9. The Hall–Kier alpha value is -3.08. The van der Waals surface area contributed by atoms with Crippen LogP contribution in [0.5, 0.6) is 0 Å². The third kappa shape index (κ3) is 49.2. The summed E-state index contributed by atoms with van der Waals surface area (Å²) < 4.78 is 26.9. The highest BCUT2D eigenvalue weighted by Crippen LogP contribution is 2.43. The first-order chi connectivity index (χ1) is 32.6. The lowest BCUT2D eigenvalue weighted by Crippen LogP contribution is -2.43. The fourth-order valence-electron chi connectivity index (χ4n) is 7.23. The number of carboxylic acids is 1. The van der Waals surface area contributed by atoms with Gasteiger partial charge in [0.2, 0.25) is 5.91 Å². The molecule has 0 heterocycles. The summed E-state index contributed by atoms with van der Waals surface area (Å²) in [5, 5.41) is 21.9. The molecule has 0 bridgehead atoms. The number of allylic oxidation sites excluding steroid dienone is 12. The van der Waals surface area contributed by atoms with Crippen molar-refractivity contribution in [3.8, 4) is 0 Å². The van der Waals surface area contributed by atoms with Crippen LogP contribution in [-0.2, 0) is 32.7 Å². The van der Waals surface area contributed by atoms with Crippen molar-refractivity contribution in [2.45, 2.75) is 238 Å². The van der Waals surface area contributed by atoms with Crippen LogP contribution < -0.4 is 5.32 Å². The molecule has 0 saturated heterocycles. The van der Waals surface area contributed by atoms with E-state index in [1.807, 2.05) is 12.2 Å². The number of amides is 1. The summed E-state index contributed by atoms with van der Waals surface area (Å²) in [4.78, 5) is 46.1. The summed E-state index contributed by atoms with van der Waals surface area (Å²) >= 11 is 0. The minimum Gasteiger partial charge on any atom is -0.480 e. The van der Waals surface area contributed by atoms with Gasteiger partial charge in [-0.25, -0.2) is 9.36 Å². The number of aliphatic hydroxyl groups excluding tert-OH is 1. The number of hydrogen-bond acceptors (Lipinski definition) is 8. The fraction of sp³-hybridized carbons (Fsp3) is 0.727. The molecular weight excluding hydrogens is 866 g/mol. The number of aliphatic hydroxyl groups is 1. The number of carbonyl (C=O) groups excluding carboxylic acids is 2. The highest BCUT2D eigenvalue weighted by molar-refractivity contribution is 7.47. The molecule has 1 amide bonds. The number of carbonyl (C=O) groups is 3. The summed E-state index contributed by atoms with van der Waals surface area (Å²) in [5.41, 5.74) is 0. The maximum Gasteiger partial charge on any atom is 0.472 e. The third-order valence-electron chi connectivity index (χ3n) is 11.3. The van der Waals surface area contributed by atoms with Crippen molar-refractivity contribution in [1.29, 1.82) is 0 Å². The summed E-state index contributed by atoms with van der Waals surface area (Å²) in [6, 6.07) is -1.56. The number of rotatable bonds is 49. The molecule has 0 rings (SSSR count). The van der Waals surface area contributed by atoms with E-state index in [1.54, 1.807) is 0 Å². The Kier molecular flexibility index (Phi) is 47.1. The highest BCUT2D eigenvalue weighted by atomic mass is 31.2. The summed E-state index contributed by atoms with van der Waals surface area (Å²) in [6.07, 6.45) is 60.9. The van der Waals surface area contributed by atoms with Gasteiger partial charge in [-0.3, -0.25) is 18.6 Å². The van der Waals surface area contributed by atoms with Gasteiger partial charge in [0.15, 0.2) is 6.04 Å². The monoisotopic (exact) mass is 962 g/mol. The molecule has 0 aromatic heterocycles. The molecule has 3 unspecified atom stereocenters. The Morgan fingerprint density at radius 2 is 0.851 bits per heavy atom. The van der Waals surface area contributed by atoms with Crippen LogP contribution in [0.2, 0.25) is 0 Å². The first-order valence-corrected chi connectivity index (χ1v) is 28.0. The normalized spacial score (nSPS) is 14.1. The maximum atomic E-state index is 12.4. The molecule has 0 aliphatic rings. The van der Waals surface area contributed by atoms with Crippen LogP contribution >= 0.6 is 7.82 Å². The fourth-order valence-corrected chi connectivity index (χ4v) is 8.00. The van der Waals surface area contributed by atoms with Gasteiger partial charge in [-0.15, -0.1) is 0 Å². The smallest absolute Gasteiger partial charge is 0.472 e. The zero-order valence-electron chi connectivity index (χ0n) is 42.2. The predicted molar refractivity (Wildman–Crippen MR) is 277 cm³/mol. The molecule has 0 fully saturated rings. The van der Waals surface area contributed by atoms with Crippen LogP contribution in [0.3, 0.4) is 0 Å². The molecular formula is C55H96NO10P. The lowest BCUT2D eigenvalue weighted by Gasteiger charge is -2.18. The van der Waals surface area contributed by atoms with Crippen molar-refractivity contribution in [2.75, 3.05) is 19.8 Å². The topological polar surface area (TPSA) is 169 Å². The van der Waals surface area contributed by atoms with Gasteiger partial charge in [0.1, 0.15) is 12.7 Å². The number of ether oxygens (including phenoxy) is 1. The first-order valence-electron chi connectivity index (χ1n) is 26.5. The second-order valence-electron chi connectivity index (χ2n) is 17.7. The van der Waals surface area contributed by atoms with Crippen LogP contribution in [0.15, 0.2) is 72.9 Å². The van der Waals surface area contributed by atoms with Gasteiger partial charge >= 0.3 is 19.8 Å². The zero-order valence-corrected chi connectivity index (χ0v) is 43.1. The SMILES string of the molecule is CC/C=C\C/C=C\C/C=C\C/C=C\C/C=C\C/C=C\CCC(=O)OCC(O)COP(=O)(O)OCC(NC(=O)CCCCCCCCCCCCCCCCCCCCCCCCCC)C(=O)O. The van der Waals surface area contributed by atoms with Crippen molar-refractivity contribution >= 4 is 25.7 Å². The van der Waals surface area contributed by atoms with Gasteiger partial charge in [-0.2, -0.15) is 0 Å². The predicted octanol–water partition coefficient (Wildman–Crippen LogP) is 14.8. The molecule has 3 atom stereocenters. The molecule has 0 aliphatic heterocycles. The van der Waals surface area contributed by atoms with E-state index < -0.39 is 57.6 Å². The van der Waals surface area contributed by atoms with Crippen molar-refractivity contribution in [3.63, 3.8) is 0 Å². The molecule has 0 aliphatic carbocycles. The Morgan fingerprint density at radius 1 is 0.493 bits per heavy atom. The number of carboxylic acid groups (broad SMARTS) is 1. The molecule has 0 aromatic rings. The number of unbranched alkanes of at least 4 members (excludes halogenated alkanes) is 23. The Bertz CT molecular complexity index is 1410. The van der Waals surface area contributed by atoms with E-state index in [-0.39, 0.29) is 12.8 Å². The van der Waals surface area contributed by atoms with Crippen molar-refractivity contribution in [2.24, 2.45) is 0 Å². The molecule has 0 saturated carbocycles. The van der Waals surface area contributed by atoms with E-state index >= 15 is 0 Å². The van der Waals surface area contributed by atoms with E-state index in [1.165, 1.54) is 128 Å².